The van der Waals surface area contributed by atoms with Gasteiger partial charge in [-0.3, -0.25) is 13.6 Å². The van der Waals surface area contributed by atoms with Gasteiger partial charge in [-0.15, -0.1) is 0 Å². The molecule has 0 radical (unpaired) electrons. The van der Waals surface area contributed by atoms with E-state index in [2.05, 4.69) is 0 Å². The van der Waals surface area contributed by atoms with Crippen molar-refractivity contribution in [2.45, 2.75) is 19.8 Å². The van der Waals surface area contributed by atoms with Gasteiger partial charge in [-0.05, 0) is 6.42 Å². The van der Waals surface area contributed by atoms with Crippen molar-refractivity contribution in [1.82, 2.24) is 0 Å². The van der Waals surface area contributed by atoms with Gasteiger partial charge in [-0.25, -0.2) is 4.57 Å². The second kappa shape index (κ2) is 4.21. The van der Waals surface area contributed by atoms with Crippen molar-refractivity contribution in [3.8, 4) is 0 Å². The van der Waals surface area contributed by atoms with Gasteiger partial charge in [0.05, 0.1) is 19.8 Å². The molecular weight excluding hydrogens is 167 g/mol. The Hall–Kier alpha value is 0.110. The Kier molecular flexibility index (Phi) is 3.52. The van der Waals surface area contributed by atoms with Crippen molar-refractivity contribution < 1.29 is 18.1 Å². The predicted octanol–water partition coefficient (Wildman–Crippen LogP) is 1.96. The predicted molar refractivity (Wildman–Crippen MR) is 40.4 cm³/mol. The number of hydrogen-bond acceptors (Lipinski definition) is 4. The minimum Gasteiger partial charge on any atom is -0.287 e. The first kappa shape index (κ1) is 9.20. The van der Waals surface area contributed by atoms with E-state index < -0.39 is 7.82 Å². The Morgan fingerprint density at radius 1 is 1.45 bits per heavy atom. The molecule has 66 valence electrons. The summed E-state index contributed by atoms with van der Waals surface area (Å²) in [4.78, 5) is 0. The van der Waals surface area contributed by atoms with Crippen LogP contribution in [0.2, 0.25) is 0 Å². The molecule has 0 saturated carbocycles. The van der Waals surface area contributed by atoms with E-state index in [-0.39, 0.29) is 0 Å². The highest BCUT2D eigenvalue weighted by atomic mass is 31.2. The Bertz CT molecular complexity index is 149. The van der Waals surface area contributed by atoms with Gasteiger partial charge in [0.15, 0.2) is 0 Å². The van der Waals surface area contributed by atoms with E-state index in [4.69, 9.17) is 13.6 Å². The van der Waals surface area contributed by atoms with Crippen LogP contribution in [0.15, 0.2) is 0 Å². The molecule has 0 unspecified atom stereocenters. The van der Waals surface area contributed by atoms with Crippen LogP contribution in [0.25, 0.3) is 0 Å². The first-order chi connectivity index (χ1) is 5.27. The zero-order valence-corrected chi connectivity index (χ0v) is 7.51. The summed E-state index contributed by atoms with van der Waals surface area (Å²) >= 11 is 0. The Morgan fingerprint density at radius 2 is 2.09 bits per heavy atom. The number of phosphoric acid groups is 1. The van der Waals surface area contributed by atoms with Gasteiger partial charge >= 0.3 is 7.82 Å². The minimum absolute atomic E-state index is 0.378. The average molecular weight is 180 g/mol. The molecule has 0 aromatic rings. The zero-order valence-electron chi connectivity index (χ0n) is 6.62. The molecule has 1 aliphatic heterocycles. The van der Waals surface area contributed by atoms with E-state index in [1.165, 1.54) is 0 Å². The van der Waals surface area contributed by atoms with Crippen molar-refractivity contribution in [3.63, 3.8) is 0 Å². The van der Waals surface area contributed by atoms with Crippen LogP contribution in [0.5, 0.6) is 0 Å². The van der Waals surface area contributed by atoms with Crippen LogP contribution in [0.1, 0.15) is 19.8 Å². The van der Waals surface area contributed by atoms with E-state index in [9.17, 15) is 4.57 Å². The molecule has 11 heavy (non-hydrogen) atoms. The maximum absolute atomic E-state index is 11.2. The summed E-state index contributed by atoms with van der Waals surface area (Å²) < 4.78 is 25.8. The second-order valence-electron chi connectivity index (χ2n) is 2.30. The highest BCUT2D eigenvalue weighted by Crippen LogP contribution is 2.52. The molecule has 0 aromatic carbocycles. The van der Waals surface area contributed by atoms with Crippen LogP contribution in [-0.2, 0) is 18.1 Å². The maximum atomic E-state index is 11.2. The lowest BCUT2D eigenvalue weighted by Crippen LogP contribution is -1.92. The standard InChI is InChI=1S/C6H13O4P/c1-2-3-4-8-11(7)9-5-6-10-11/h2-6H2,1H3. The molecule has 1 rings (SSSR count). The largest absolute Gasteiger partial charge is 0.474 e. The van der Waals surface area contributed by atoms with Crippen LogP contribution < -0.4 is 0 Å². The number of unbranched alkanes of at least 4 members (excludes halogenated alkanes) is 1. The molecule has 4 nitrogen and oxygen atoms in total. The van der Waals surface area contributed by atoms with Gasteiger partial charge in [0, 0.05) is 0 Å². The van der Waals surface area contributed by atoms with Crippen molar-refractivity contribution in [1.29, 1.82) is 0 Å². The van der Waals surface area contributed by atoms with Gasteiger partial charge in [-0.2, -0.15) is 0 Å². The Balaban J connectivity index is 2.18. The van der Waals surface area contributed by atoms with E-state index in [0.717, 1.165) is 12.8 Å². The fourth-order valence-electron chi connectivity index (χ4n) is 0.731. The number of hydrogen-bond donors (Lipinski definition) is 0. The van der Waals surface area contributed by atoms with Crippen molar-refractivity contribution in [2.24, 2.45) is 0 Å². The zero-order chi connectivity index (χ0) is 8.16. The number of phosphoric ester groups is 1. The summed E-state index contributed by atoms with van der Waals surface area (Å²) in [5.41, 5.74) is 0. The molecule has 0 spiro atoms. The first-order valence-corrected chi connectivity index (χ1v) is 5.26. The Labute approximate surface area is 66.4 Å². The first-order valence-electron chi connectivity index (χ1n) is 3.80. The monoisotopic (exact) mass is 180 g/mol. The topological polar surface area (TPSA) is 44.8 Å². The van der Waals surface area contributed by atoms with Crippen molar-refractivity contribution in [2.75, 3.05) is 19.8 Å². The van der Waals surface area contributed by atoms with E-state index in [1.54, 1.807) is 0 Å². The highest BCUT2D eigenvalue weighted by Gasteiger charge is 2.31. The van der Waals surface area contributed by atoms with Gasteiger partial charge in [0.25, 0.3) is 0 Å². The normalized spacial score (nSPS) is 22.3. The lowest BCUT2D eigenvalue weighted by Gasteiger charge is -2.07. The molecule has 0 aromatic heterocycles. The fraction of sp³-hybridized carbons (Fsp3) is 1.00. The van der Waals surface area contributed by atoms with Crippen LogP contribution in [0.3, 0.4) is 0 Å². The molecule has 0 N–H and O–H groups in total. The summed E-state index contributed by atoms with van der Waals surface area (Å²) in [7, 11) is -3.10. The van der Waals surface area contributed by atoms with Gasteiger partial charge in [0.2, 0.25) is 0 Å². The third kappa shape index (κ3) is 2.91. The van der Waals surface area contributed by atoms with Crippen LogP contribution in [-0.4, -0.2) is 19.8 Å². The van der Waals surface area contributed by atoms with Gasteiger partial charge < -0.3 is 0 Å². The van der Waals surface area contributed by atoms with E-state index in [1.807, 2.05) is 6.92 Å². The summed E-state index contributed by atoms with van der Waals surface area (Å²) in [6.07, 6.45) is 1.90. The SMILES string of the molecule is CCCCOP1(=O)OCCO1. The fourth-order valence-corrected chi connectivity index (χ4v) is 1.90. The maximum Gasteiger partial charge on any atom is 0.474 e. The minimum atomic E-state index is -3.10. The van der Waals surface area contributed by atoms with Crippen molar-refractivity contribution >= 4 is 7.82 Å². The average Bonchev–Trinajstić information content (AvgIpc) is 2.38. The smallest absolute Gasteiger partial charge is 0.287 e. The molecule has 1 saturated heterocycles. The van der Waals surface area contributed by atoms with Crippen LogP contribution >= 0.6 is 7.82 Å². The molecule has 0 bridgehead atoms. The number of rotatable bonds is 4. The Morgan fingerprint density at radius 3 is 2.64 bits per heavy atom. The summed E-state index contributed by atoms with van der Waals surface area (Å²) in [6, 6.07) is 0. The molecule has 0 atom stereocenters. The van der Waals surface area contributed by atoms with E-state index >= 15 is 0 Å². The van der Waals surface area contributed by atoms with Gasteiger partial charge in [-0.1, -0.05) is 13.3 Å². The summed E-state index contributed by atoms with van der Waals surface area (Å²) in [5.74, 6) is 0. The third-order valence-electron chi connectivity index (χ3n) is 1.33. The quantitative estimate of drug-likeness (QED) is 0.490. The van der Waals surface area contributed by atoms with Crippen molar-refractivity contribution in [3.05, 3.63) is 0 Å². The van der Waals surface area contributed by atoms with Crippen LogP contribution in [0.4, 0.5) is 0 Å². The summed E-state index contributed by atoms with van der Waals surface area (Å²) in [5, 5.41) is 0. The summed E-state index contributed by atoms with van der Waals surface area (Å²) in [6.45, 7) is 3.25. The molecule has 1 fully saturated rings. The molecule has 0 amide bonds. The molecule has 0 aliphatic carbocycles. The van der Waals surface area contributed by atoms with Crippen LogP contribution in [0, 0.1) is 0 Å². The molecular formula is C6H13O4P. The lowest BCUT2D eigenvalue weighted by atomic mass is 10.4. The lowest BCUT2D eigenvalue weighted by molar-refractivity contribution is 0.188. The van der Waals surface area contributed by atoms with Gasteiger partial charge in [0.1, 0.15) is 0 Å². The highest BCUT2D eigenvalue weighted by molar-refractivity contribution is 7.48. The van der Waals surface area contributed by atoms with E-state index in [0.29, 0.717) is 19.8 Å². The second-order valence-corrected chi connectivity index (χ2v) is 3.97. The molecule has 1 aliphatic rings. The molecule has 1 heterocycles. The third-order valence-corrected chi connectivity index (χ3v) is 2.83. The molecule has 5 heteroatoms.